The molecule has 5 heavy (non-hydrogen) atoms. The molecule has 0 aromatic carbocycles. The fourth-order valence-corrected chi connectivity index (χ4v) is 0. The Morgan fingerprint density at radius 1 is 2.00 bits per heavy atom. The zero-order chi connectivity index (χ0) is 4.28. The molecular weight excluding hydrogens is 66.0 g/mol. The van der Waals surface area contributed by atoms with E-state index in [2.05, 4.69) is 0 Å². The molecule has 0 aliphatic carbocycles. The van der Waals surface area contributed by atoms with Crippen molar-refractivity contribution in [2.24, 2.45) is 5.73 Å². The van der Waals surface area contributed by atoms with E-state index in [4.69, 9.17) is 5.73 Å². The second-order valence-corrected chi connectivity index (χ2v) is 0.785. The molecule has 0 rings (SSSR count). The first-order valence-corrected chi connectivity index (χ1v) is 1.24. The van der Waals surface area contributed by atoms with Crippen LogP contribution in [0.2, 0.25) is 0 Å². The number of carbonyl (C=O) groups excluding carboxylic acids is 1. The van der Waals surface area contributed by atoms with Gasteiger partial charge in [-0.25, -0.2) is 4.79 Å². The topological polar surface area (TPSA) is 43.1 Å². The lowest BCUT2D eigenvalue weighted by atomic mass is 10.6. The van der Waals surface area contributed by atoms with Gasteiger partial charge in [-0.2, -0.15) is 0 Å². The summed E-state index contributed by atoms with van der Waals surface area (Å²) in [7, 11) is 0. The van der Waals surface area contributed by atoms with E-state index >= 15 is 0 Å². The van der Waals surface area contributed by atoms with Crippen LogP contribution in [0.4, 0.5) is 0 Å². The molecule has 0 atom stereocenters. The van der Waals surface area contributed by atoms with Crippen molar-refractivity contribution < 1.29 is 4.79 Å². The number of hydrogen-bond donors (Lipinski definition) is 1. The summed E-state index contributed by atoms with van der Waals surface area (Å²) in [6.45, 7) is 1.49. The van der Waals surface area contributed by atoms with Crippen molar-refractivity contribution in [3.63, 3.8) is 0 Å². The predicted octanol–water partition coefficient (Wildman–Crippen LogP) is -0.319. The van der Waals surface area contributed by atoms with Gasteiger partial charge in [0.15, 0.2) is 0 Å². The third kappa shape index (κ3) is 3.25. The molecule has 2 N–H and O–H groups in total. The van der Waals surface area contributed by atoms with Crippen LogP contribution in [-0.4, -0.2) is 5.94 Å². The molecule has 0 heterocycles. The van der Waals surface area contributed by atoms with Crippen molar-refractivity contribution in [3.8, 4) is 0 Å². The highest BCUT2D eigenvalue weighted by molar-refractivity contribution is 5.49. The monoisotopic (exact) mass is 71.0 g/mol. The molecule has 0 aromatic heterocycles. The molecule has 0 aromatic rings. The molecule has 0 spiro atoms. The van der Waals surface area contributed by atoms with Crippen LogP contribution in [0.5, 0.6) is 0 Å². The van der Waals surface area contributed by atoms with E-state index in [1.165, 1.54) is 12.9 Å². The first kappa shape index (κ1) is 4.25. The maximum absolute atomic E-state index is 9.22. The second kappa shape index (κ2) is 1.56. The van der Waals surface area contributed by atoms with Crippen LogP contribution in [0.15, 0.2) is 5.70 Å². The van der Waals surface area contributed by atoms with Gasteiger partial charge in [0.25, 0.3) is 0 Å². The minimum atomic E-state index is 0.199. The quantitative estimate of drug-likeness (QED) is 0.398. The zero-order valence-corrected chi connectivity index (χ0v) is 2.99. The maximum atomic E-state index is 9.22. The second-order valence-electron chi connectivity index (χ2n) is 0.785. The Hall–Kier alpha value is -0.750. The minimum Gasteiger partial charge on any atom is -0.393 e. The van der Waals surface area contributed by atoms with Crippen molar-refractivity contribution in [2.75, 3.05) is 0 Å². The summed E-state index contributed by atoms with van der Waals surface area (Å²) < 4.78 is 0. The highest BCUT2D eigenvalue weighted by Crippen LogP contribution is 1.57. The standard InChI is InChI=1S/C3H5NO/c1-3(4)2-5/h4H2,1H3. The molecule has 2 nitrogen and oxygen atoms in total. The normalized spacial score (nSPS) is 5.80. The highest BCUT2D eigenvalue weighted by atomic mass is 16.1. The molecule has 0 unspecified atom stereocenters. The van der Waals surface area contributed by atoms with E-state index in [9.17, 15) is 4.79 Å². The van der Waals surface area contributed by atoms with Crippen LogP contribution in [0.25, 0.3) is 0 Å². The fraction of sp³-hybridized carbons (Fsp3) is 0.333. The van der Waals surface area contributed by atoms with Gasteiger partial charge < -0.3 is 5.73 Å². The first-order chi connectivity index (χ1) is 2.27. The Morgan fingerprint density at radius 2 is 2.20 bits per heavy atom. The van der Waals surface area contributed by atoms with E-state index in [-0.39, 0.29) is 5.70 Å². The Balaban J connectivity index is 3.60. The van der Waals surface area contributed by atoms with Crippen molar-refractivity contribution in [1.29, 1.82) is 0 Å². The third-order valence-electron chi connectivity index (χ3n) is 0.161. The Morgan fingerprint density at radius 3 is 2.20 bits per heavy atom. The summed E-state index contributed by atoms with van der Waals surface area (Å²) in [6, 6.07) is 0. The molecule has 0 bridgehead atoms. The van der Waals surface area contributed by atoms with E-state index < -0.39 is 0 Å². The van der Waals surface area contributed by atoms with E-state index in [0.717, 1.165) is 0 Å². The van der Waals surface area contributed by atoms with Crippen LogP contribution in [0, 0.1) is 0 Å². The number of allylic oxidation sites excluding steroid dienone is 1. The Bertz CT molecular complexity index is 67.0. The lowest BCUT2D eigenvalue weighted by Gasteiger charge is -1.65. The summed E-state index contributed by atoms with van der Waals surface area (Å²) in [5.74, 6) is 1.47. The van der Waals surface area contributed by atoms with Crippen molar-refractivity contribution in [2.45, 2.75) is 6.92 Å². The maximum Gasteiger partial charge on any atom is 0.145 e. The molecule has 2 heteroatoms. The van der Waals surface area contributed by atoms with E-state index in [1.54, 1.807) is 0 Å². The molecule has 0 saturated heterocycles. The minimum absolute atomic E-state index is 0.199. The van der Waals surface area contributed by atoms with Crippen molar-refractivity contribution in [3.05, 3.63) is 5.70 Å². The van der Waals surface area contributed by atoms with Gasteiger partial charge in [0.1, 0.15) is 5.94 Å². The first-order valence-electron chi connectivity index (χ1n) is 1.24. The molecule has 28 valence electrons. The van der Waals surface area contributed by atoms with Gasteiger partial charge in [-0.05, 0) is 6.92 Å². The van der Waals surface area contributed by atoms with Crippen molar-refractivity contribution >= 4 is 5.94 Å². The van der Waals surface area contributed by atoms with E-state index in [0.29, 0.717) is 0 Å². The molecular formula is C3H5NO. The molecule has 0 aliphatic heterocycles. The number of hydrogen-bond acceptors (Lipinski definition) is 2. The van der Waals surface area contributed by atoms with Gasteiger partial charge in [-0.3, -0.25) is 0 Å². The third-order valence-corrected chi connectivity index (χ3v) is 0.161. The number of nitrogens with two attached hydrogens (primary N) is 1. The Labute approximate surface area is 30.3 Å². The molecule has 0 aliphatic rings. The average molecular weight is 71.1 g/mol. The molecule has 0 radical (unpaired) electrons. The van der Waals surface area contributed by atoms with Crippen LogP contribution >= 0.6 is 0 Å². The molecule has 0 saturated carbocycles. The molecule has 0 fully saturated rings. The zero-order valence-electron chi connectivity index (χ0n) is 2.99. The van der Waals surface area contributed by atoms with Gasteiger partial charge in [-0.1, -0.05) is 0 Å². The largest absolute Gasteiger partial charge is 0.393 e. The summed E-state index contributed by atoms with van der Waals surface area (Å²) in [4.78, 5) is 9.22. The van der Waals surface area contributed by atoms with Crippen molar-refractivity contribution in [1.82, 2.24) is 0 Å². The van der Waals surface area contributed by atoms with Gasteiger partial charge in [-0.15, -0.1) is 0 Å². The fourth-order valence-electron chi connectivity index (χ4n) is 0. The summed E-state index contributed by atoms with van der Waals surface area (Å²) in [6.07, 6.45) is 0. The van der Waals surface area contributed by atoms with Gasteiger partial charge in [0.2, 0.25) is 0 Å². The van der Waals surface area contributed by atoms with Crippen LogP contribution < -0.4 is 5.73 Å². The van der Waals surface area contributed by atoms with Gasteiger partial charge >= 0.3 is 0 Å². The smallest absolute Gasteiger partial charge is 0.145 e. The lowest BCUT2D eigenvalue weighted by molar-refractivity contribution is 0.567. The van der Waals surface area contributed by atoms with Gasteiger partial charge in [0, 0.05) is 0 Å². The average Bonchev–Trinajstić information content (AvgIpc) is 1.38. The summed E-state index contributed by atoms with van der Waals surface area (Å²) >= 11 is 0. The SMILES string of the molecule is CC(N)=C=O. The van der Waals surface area contributed by atoms with Crippen LogP contribution in [0.1, 0.15) is 6.92 Å². The number of rotatable bonds is 0. The van der Waals surface area contributed by atoms with Gasteiger partial charge in [0.05, 0.1) is 5.70 Å². The van der Waals surface area contributed by atoms with E-state index in [1.807, 2.05) is 0 Å². The summed E-state index contributed by atoms with van der Waals surface area (Å²) in [5.41, 5.74) is 4.98. The molecule has 0 amide bonds. The summed E-state index contributed by atoms with van der Waals surface area (Å²) in [5, 5.41) is 0. The lowest BCUT2D eigenvalue weighted by Crippen LogP contribution is -1.88. The highest BCUT2D eigenvalue weighted by Gasteiger charge is 1.62. The Kier molecular flexibility index (Phi) is 1.32. The van der Waals surface area contributed by atoms with Crippen LogP contribution in [0.3, 0.4) is 0 Å². The van der Waals surface area contributed by atoms with Crippen LogP contribution in [-0.2, 0) is 4.79 Å². The predicted molar refractivity (Wildman–Crippen MR) is 19.1 cm³/mol.